The number of nitrogens with one attached hydrogen (secondary N) is 1. The van der Waals surface area contributed by atoms with E-state index in [1.807, 2.05) is 31.3 Å². The van der Waals surface area contributed by atoms with Crippen molar-refractivity contribution in [1.29, 1.82) is 0 Å². The summed E-state index contributed by atoms with van der Waals surface area (Å²) in [6, 6.07) is 7.56. The van der Waals surface area contributed by atoms with Crippen molar-refractivity contribution in [2.75, 3.05) is 7.05 Å². The van der Waals surface area contributed by atoms with Gasteiger partial charge in [0.15, 0.2) is 0 Å². The van der Waals surface area contributed by atoms with Crippen LogP contribution in [0, 0.1) is 3.57 Å². The maximum atomic E-state index is 11.2. The summed E-state index contributed by atoms with van der Waals surface area (Å²) in [6.45, 7) is 0. The fourth-order valence-corrected chi connectivity index (χ4v) is 4.21. The van der Waals surface area contributed by atoms with Crippen molar-refractivity contribution >= 4 is 26.5 Å². The van der Waals surface area contributed by atoms with E-state index in [1.54, 1.807) is 0 Å². The number of fused-ring (bicyclic) bond motifs is 1. The Morgan fingerprint density at radius 1 is 1.42 bits per heavy atom. The molecule has 0 bridgehead atoms. The third-order valence-corrected chi connectivity index (χ3v) is 5.41. The van der Waals surface area contributed by atoms with Crippen LogP contribution in [-0.4, -0.2) is 13.0 Å². The summed E-state index contributed by atoms with van der Waals surface area (Å²) in [5, 5.41) is 0. The molecule has 0 aromatic heterocycles. The number of halogens is 1. The van der Waals surface area contributed by atoms with Crippen molar-refractivity contribution in [3.8, 4) is 0 Å². The summed E-state index contributed by atoms with van der Waals surface area (Å²) < 4.78 is 9.33. The Bertz CT molecular complexity index is 327. The van der Waals surface area contributed by atoms with E-state index in [4.69, 9.17) is 3.07 Å². The van der Waals surface area contributed by atoms with Crippen LogP contribution in [0.15, 0.2) is 24.3 Å². The monoisotopic (exact) mass is 277 g/mol. The van der Waals surface area contributed by atoms with Crippen molar-refractivity contribution in [2.24, 2.45) is 0 Å². The molecule has 0 amide bonds. The molecule has 64 valence electrons. The van der Waals surface area contributed by atoms with Crippen LogP contribution in [0.2, 0.25) is 0 Å². The van der Waals surface area contributed by atoms with E-state index in [0.717, 1.165) is 9.13 Å². The summed E-state index contributed by atoms with van der Waals surface area (Å²) in [6.07, 6.45) is 0. The van der Waals surface area contributed by atoms with Crippen LogP contribution in [0.3, 0.4) is 0 Å². The van der Waals surface area contributed by atoms with Gasteiger partial charge in [-0.15, -0.1) is 0 Å². The van der Waals surface area contributed by atoms with Crippen molar-refractivity contribution in [1.82, 2.24) is 3.53 Å². The van der Waals surface area contributed by atoms with Crippen molar-refractivity contribution in [2.45, 2.75) is 0 Å². The van der Waals surface area contributed by atoms with Crippen LogP contribution < -0.4 is 3.53 Å². The predicted octanol–water partition coefficient (Wildman–Crippen LogP) is 1.58. The van der Waals surface area contributed by atoms with Gasteiger partial charge in [0, 0.05) is 0 Å². The van der Waals surface area contributed by atoms with E-state index in [2.05, 4.69) is 3.53 Å². The minimum atomic E-state index is -1.79. The molecule has 0 saturated carbocycles. The number of rotatable bonds is 1. The Morgan fingerprint density at radius 2 is 2.17 bits per heavy atom. The van der Waals surface area contributed by atoms with E-state index in [0.29, 0.717) is 0 Å². The zero-order valence-corrected chi connectivity index (χ0v) is 8.66. The van der Waals surface area contributed by atoms with Crippen molar-refractivity contribution < 1.29 is 7.86 Å². The predicted molar refractivity (Wildman–Crippen MR) is 53.6 cm³/mol. The number of carbonyl (C=O) groups is 1. The molecule has 0 spiro atoms. The molecule has 1 heterocycles. The van der Waals surface area contributed by atoms with Gasteiger partial charge < -0.3 is 0 Å². The fraction of sp³-hybridized carbons (Fsp3) is 0.125. The van der Waals surface area contributed by atoms with Crippen molar-refractivity contribution in [3.63, 3.8) is 0 Å². The zero-order chi connectivity index (χ0) is 8.55. The maximum absolute atomic E-state index is 11.2. The Labute approximate surface area is 78.4 Å². The second-order valence-corrected chi connectivity index (χ2v) is 6.38. The summed E-state index contributed by atoms with van der Waals surface area (Å²) in [7, 11) is 1.83. The molecule has 3 nitrogen and oxygen atoms in total. The Kier molecular flexibility index (Phi) is 2.02. The number of benzene rings is 1. The molecule has 12 heavy (non-hydrogen) atoms. The van der Waals surface area contributed by atoms with Gasteiger partial charge in [0.05, 0.1) is 0 Å². The van der Waals surface area contributed by atoms with Gasteiger partial charge in [-0.05, 0) is 0 Å². The molecule has 4 heteroatoms. The first-order valence-electron chi connectivity index (χ1n) is 3.52. The van der Waals surface area contributed by atoms with E-state index in [9.17, 15) is 4.79 Å². The van der Waals surface area contributed by atoms with Crippen LogP contribution in [-0.2, 0) is 3.07 Å². The van der Waals surface area contributed by atoms with Gasteiger partial charge in [-0.25, -0.2) is 0 Å². The van der Waals surface area contributed by atoms with Gasteiger partial charge in [0.2, 0.25) is 0 Å². The summed E-state index contributed by atoms with van der Waals surface area (Å²) in [4.78, 5) is 11.2. The normalized spacial score (nSPS) is 17.4. The van der Waals surface area contributed by atoms with Gasteiger partial charge in [-0.1, -0.05) is 0 Å². The van der Waals surface area contributed by atoms with Gasteiger partial charge in [0.1, 0.15) is 0 Å². The number of hydrogen-bond donors (Lipinski definition) is 1. The zero-order valence-electron chi connectivity index (χ0n) is 6.50. The third kappa shape index (κ3) is 1.11. The summed E-state index contributed by atoms with van der Waals surface area (Å²) >= 11 is -1.79. The van der Waals surface area contributed by atoms with Crippen molar-refractivity contribution in [3.05, 3.63) is 33.4 Å². The van der Waals surface area contributed by atoms with Crippen LogP contribution in [0.4, 0.5) is 0 Å². The average Bonchev–Trinajstić information content (AvgIpc) is 2.44. The first-order chi connectivity index (χ1) is 5.83. The van der Waals surface area contributed by atoms with E-state index >= 15 is 0 Å². The van der Waals surface area contributed by atoms with Crippen LogP contribution in [0.25, 0.3) is 0 Å². The molecule has 1 N–H and O–H groups in total. The molecule has 0 aliphatic carbocycles. The van der Waals surface area contributed by atoms with Gasteiger partial charge in [0.25, 0.3) is 0 Å². The molecule has 0 atom stereocenters. The molecule has 1 aromatic rings. The first kappa shape index (κ1) is 8.00. The average molecular weight is 277 g/mol. The standard InChI is InChI=1S/C8H8INO2/c1-10-9-7-5-3-2-4-6(7)8(11)12-9/h2-5,10H,1H3. The van der Waals surface area contributed by atoms with Gasteiger partial charge in [-0.2, -0.15) is 0 Å². The van der Waals surface area contributed by atoms with E-state index < -0.39 is 20.5 Å². The fourth-order valence-electron chi connectivity index (χ4n) is 1.07. The molecular formula is C8H8INO2. The molecule has 1 aliphatic heterocycles. The quantitative estimate of drug-likeness (QED) is 0.625. The second kappa shape index (κ2) is 3.02. The van der Waals surface area contributed by atoms with E-state index in [-0.39, 0.29) is 5.97 Å². The van der Waals surface area contributed by atoms with Crippen LogP contribution >= 0.6 is 20.5 Å². The van der Waals surface area contributed by atoms with Gasteiger partial charge >= 0.3 is 78.3 Å². The Balaban J connectivity index is 2.50. The SMILES string of the molecule is CNI1OC(=O)c2ccccc21. The van der Waals surface area contributed by atoms with E-state index in [1.165, 1.54) is 0 Å². The van der Waals surface area contributed by atoms with Gasteiger partial charge in [-0.3, -0.25) is 0 Å². The number of carbonyl (C=O) groups excluding carboxylic acids is 1. The molecule has 1 aromatic carbocycles. The molecule has 2 rings (SSSR count). The minimum absolute atomic E-state index is 0.176. The second-order valence-electron chi connectivity index (χ2n) is 2.28. The molecule has 0 unspecified atom stereocenters. The number of hydrogen-bond acceptors (Lipinski definition) is 3. The molecule has 0 radical (unpaired) electrons. The van der Waals surface area contributed by atoms with Crippen LogP contribution in [0.5, 0.6) is 0 Å². The molecular weight excluding hydrogens is 269 g/mol. The topological polar surface area (TPSA) is 38.3 Å². The van der Waals surface area contributed by atoms with Crippen LogP contribution in [0.1, 0.15) is 10.4 Å². The Morgan fingerprint density at radius 3 is 2.92 bits per heavy atom. The molecule has 1 aliphatic rings. The molecule has 0 fully saturated rings. The summed E-state index contributed by atoms with van der Waals surface area (Å²) in [5.74, 6) is -0.176. The Hall–Kier alpha value is -0.620. The molecule has 0 saturated heterocycles. The summed E-state index contributed by atoms with van der Waals surface area (Å²) in [5.41, 5.74) is 0.733. The third-order valence-electron chi connectivity index (χ3n) is 1.60. The first-order valence-corrected chi connectivity index (χ1v) is 6.56.